The number of ether oxygens (including phenoxy) is 1. The van der Waals surface area contributed by atoms with Crippen LogP contribution in [0.2, 0.25) is 0 Å². The fraction of sp³-hybridized carbons (Fsp3) is 0.286. The lowest BCUT2D eigenvalue weighted by Crippen LogP contribution is -2.07. The highest BCUT2D eigenvalue weighted by Gasteiger charge is 2.17. The molecule has 0 amide bonds. The predicted molar refractivity (Wildman–Crippen MR) is 44.9 cm³/mol. The fourth-order valence-corrected chi connectivity index (χ4v) is 1.64. The van der Waals surface area contributed by atoms with Crippen LogP contribution >= 0.6 is 22.9 Å². The Labute approximate surface area is 73.7 Å². The summed E-state index contributed by atoms with van der Waals surface area (Å²) < 4.78 is 4.47. The number of halogens is 1. The van der Waals surface area contributed by atoms with E-state index in [1.165, 1.54) is 18.4 Å². The van der Waals surface area contributed by atoms with Crippen LogP contribution in [-0.2, 0) is 9.53 Å². The molecule has 0 fully saturated rings. The maximum Gasteiger partial charge on any atom is 0.328 e. The summed E-state index contributed by atoms with van der Waals surface area (Å²) in [5.41, 5.74) is 0.795. The molecule has 2 nitrogen and oxygen atoms in total. The Hall–Kier alpha value is -0.540. The standard InChI is InChI=1S/C7H7ClO2S/c1-10-7(9)6(8)5-2-3-11-4-5/h2-4,6H,1H3/t6-/m1/s1. The zero-order valence-electron chi connectivity index (χ0n) is 5.91. The molecule has 1 heterocycles. The van der Waals surface area contributed by atoms with Crippen LogP contribution in [0, 0.1) is 0 Å². The third-order valence-electron chi connectivity index (χ3n) is 1.24. The summed E-state index contributed by atoms with van der Waals surface area (Å²) in [5, 5.41) is 3.04. The van der Waals surface area contributed by atoms with Crippen LogP contribution in [0.4, 0.5) is 0 Å². The molecule has 0 saturated heterocycles. The first-order valence-electron chi connectivity index (χ1n) is 2.99. The third kappa shape index (κ3) is 1.94. The maximum atomic E-state index is 10.9. The first-order valence-corrected chi connectivity index (χ1v) is 4.37. The molecule has 0 spiro atoms. The Kier molecular flexibility index (Phi) is 2.91. The number of carbonyl (C=O) groups is 1. The second kappa shape index (κ2) is 3.74. The number of alkyl halides is 1. The SMILES string of the molecule is COC(=O)[C@H](Cl)c1ccsc1. The summed E-state index contributed by atoms with van der Waals surface area (Å²) >= 11 is 7.23. The molecule has 4 heteroatoms. The Morgan fingerprint density at radius 2 is 2.55 bits per heavy atom. The van der Waals surface area contributed by atoms with E-state index in [4.69, 9.17) is 11.6 Å². The van der Waals surface area contributed by atoms with Crippen LogP contribution in [0.15, 0.2) is 16.8 Å². The molecule has 0 aliphatic heterocycles. The van der Waals surface area contributed by atoms with Crippen LogP contribution in [0.3, 0.4) is 0 Å². The van der Waals surface area contributed by atoms with Crippen molar-refractivity contribution < 1.29 is 9.53 Å². The van der Waals surface area contributed by atoms with Crippen molar-refractivity contribution in [2.45, 2.75) is 5.38 Å². The summed E-state index contributed by atoms with van der Waals surface area (Å²) in [5.74, 6) is -0.412. The average Bonchev–Trinajstić information content (AvgIpc) is 2.53. The fourth-order valence-electron chi connectivity index (χ4n) is 0.659. The number of methoxy groups -OCH3 is 1. The topological polar surface area (TPSA) is 26.3 Å². The summed E-state index contributed by atoms with van der Waals surface area (Å²) in [6.07, 6.45) is 0. The van der Waals surface area contributed by atoms with Crippen molar-refractivity contribution >= 4 is 28.9 Å². The molecule has 0 aliphatic carbocycles. The number of carbonyl (C=O) groups excluding carboxylic acids is 1. The van der Waals surface area contributed by atoms with Crippen LogP contribution in [-0.4, -0.2) is 13.1 Å². The van der Waals surface area contributed by atoms with E-state index in [9.17, 15) is 4.79 Å². The van der Waals surface area contributed by atoms with Crippen molar-refractivity contribution in [1.29, 1.82) is 0 Å². The van der Waals surface area contributed by atoms with Gasteiger partial charge < -0.3 is 4.74 Å². The lowest BCUT2D eigenvalue weighted by Gasteiger charge is -2.03. The van der Waals surface area contributed by atoms with Gasteiger partial charge in [-0.25, -0.2) is 0 Å². The van der Waals surface area contributed by atoms with E-state index in [1.54, 1.807) is 6.07 Å². The van der Waals surface area contributed by atoms with E-state index >= 15 is 0 Å². The summed E-state index contributed by atoms with van der Waals surface area (Å²) in [6.45, 7) is 0. The lowest BCUT2D eigenvalue weighted by molar-refractivity contribution is -0.140. The second-order valence-corrected chi connectivity index (χ2v) is 3.16. The first-order chi connectivity index (χ1) is 5.25. The van der Waals surface area contributed by atoms with Crippen molar-refractivity contribution in [2.75, 3.05) is 7.11 Å². The van der Waals surface area contributed by atoms with Crippen molar-refractivity contribution in [3.8, 4) is 0 Å². The molecule has 1 aromatic rings. The van der Waals surface area contributed by atoms with Crippen LogP contribution in [0.1, 0.15) is 10.9 Å². The molecule has 1 aromatic heterocycles. The van der Waals surface area contributed by atoms with Gasteiger partial charge in [0.2, 0.25) is 0 Å². The minimum Gasteiger partial charge on any atom is -0.468 e. The highest BCUT2D eigenvalue weighted by atomic mass is 35.5. The summed E-state index contributed by atoms with van der Waals surface area (Å²) in [6, 6.07) is 1.80. The minimum absolute atomic E-state index is 0.412. The second-order valence-electron chi connectivity index (χ2n) is 1.94. The number of esters is 1. The van der Waals surface area contributed by atoms with Gasteiger partial charge in [0.15, 0.2) is 5.38 Å². The van der Waals surface area contributed by atoms with E-state index < -0.39 is 11.3 Å². The van der Waals surface area contributed by atoms with Gasteiger partial charge >= 0.3 is 5.97 Å². The molecule has 0 aliphatic rings. The number of hydrogen-bond acceptors (Lipinski definition) is 3. The third-order valence-corrected chi connectivity index (χ3v) is 2.38. The van der Waals surface area contributed by atoms with Crippen molar-refractivity contribution in [2.24, 2.45) is 0 Å². The lowest BCUT2D eigenvalue weighted by atomic mass is 10.2. The normalized spacial score (nSPS) is 12.5. The highest BCUT2D eigenvalue weighted by Crippen LogP contribution is 2.23. The molecular weight excluding hydrogens is 184 g/mol. The van der Waals surface area contributed by atoms with Gasteiger partial charge in [-0.15, -0.1) is 11.6 Å². The average molecular weight is 191 g/mol. The quantitative estimate of drug-likeness (QED) is 0.528. The monoisotopic (exact) mass is 190 g/mol. The summed E-state index contributed by atoms with van der Waals surface area (Å²) in [4.78, 5) is 10.9. The minimum atomic E-state index is -0.661. The Balaban J connectivity index is 2.70. The van der Waals surface area contributed by atoms with Crippen LogP contribution < -0.4 is 0 Å². The maximum absolute atomic E-state index is 10.9. The molecular formula is C7H7ClO2S. The number of hydrogen-bond donors (Lipinski definition) is 0. The van der Waals surface area contributed by atoms with Crippen LogP contribution in [0.5, 0.6) is 0 Å². The van der Waals surface area contributed by atoms with Gasteiger partial charge in [-0.05, 0) is 22.4 Å². The predicted octanol–water partition coefficient (Wildman–Crippen LogP) is 2.20. The van der Waals surface area contributed by atoms with Gasteiger partial charge in [0.25, 0.3) is 0 Å². The summed E-state index contributed by atoms with van der Waals surface area (Å²) in [7, 11) is 1.32. The Bertz CT molecular complexity index is 233. The molecule has 0 saturated carbocycles. The zero-order chi connectivity index (χ0) is 8.27. The molecule has 0 radical (unpaired) electrons. The smallest absolute Gasteiger partial charge is 0.328 e. The molecule has 0 bridgehead atoms. The van der Waals surface area contributed by atoms with Crippen LogP contribution in [0.25, 0.3) is 0 Å². The Morgan fingerprint density at radius 3 is 3.00 bits per heavy atom. The van der Waals surface area contributed by atoms with Gasteiger partial charge in [-0.3, -0.25) is 4.79 Å². The number of rotatable bonds is 2. The molecule has 0 unspecified atom stereocenters. The van der Waals surface area contributed by atoms with Gasteiger partial charge in [0, 0.05) is 0 Å². The molecule has 60 valence electrons. The number of thiophene rings is 1. The zero-order valence-corrected chi connectivity index (χ0v) is 7.48. The molecule has 1 atom stereocenters. The molecule has 0 aromatic carbocycles. The van der Waals surface area contributed by atoms with E-state index in [0.717, 1.165) is 5.56 Å². The highest BCUT2D eigenvalue weighted by molar-refractivity contribution is 7.08. The van der Waals surface area contributed by atoms with Crippen molar-refractivity contribution in [3.63, 3.8) is 0 Å². The van der Waals surface area contributed by atoms with Gasteiger partial charge in [-0.1, -0.05) is 0 Å². The van der Waals surface area contributed by atoms with Crippen molar-refractivity contribution in [1.82, 2.24) is 0 Å². The van der Waals surface area contributed by atoms with E-state index in [1.807, 2.05) is 10.8 Å². The molecule has 11 heavy (non-hydrogen) atoms. The van der Waals surface area contributed by atoms with E-state index in [-0.39, 0.29) is 0 Å². The van der Waals surface area contributed by atoms with Gasteiger partial charge in [0.05, 0.1) is 7.11 Å². The van der Waals surface area contributed by atoms with Gasteiger partial charge in [-0.2, -0.15) is 11.3 Å². The largest absolute Gasteiger partial charge is 0.468 e. The first kappa shape index (κ1) is 8.56. The molecule has 0 N–H and O–H groups in total. The van der Waals surface area contributed by atoms with Gasteiger partial charge in [0.1, 0.15) is 0 Å². The van der Waals surface area contributed by atoms with E-state index in [0.29, 0.717) is 0 Å². The van der Waals surface area contributed by atoms with Crippen molar-refractivity contribution in [3.05, 3.63) is 22.4 Å². The van der Waals surface area contributed by atoms with E-state index in [2.05, 4.69) is 4.74 Å². The Morgan fingerprint density at radius 1 is 1.82 bits per heavy atom. The molecule has 1 rings (SSSR count).